The highest BCUT2D eigenvalue weighted by Gasteiger charge is 2.43. The Kier molecular flexibility index (Phi) is 29.8. The van der Waals surface area contributed by atoms with E-state index in [0.717, 1.165) is 16.5 Å². The molecule has 422 valence electrons. The van der Waals surface area contributed by atoms with Gasteiger partial charge in [-0.05, 0) is 80.1 Å². The van der Waals surface area contributed by atoms with E-state index in [1.807, 2.05) is 54.3 Å². The van der Waals surface area contributed by atoms with Crippen molar-refractivity contribution < 1.29 is 87.6 Å². The quantitative estimate of drug-likeness (QED) is 0.0450. The minimum Gasteiger partial charge on any atom is -0.744 e. The molecule has 75 heavy (non-hydrogen) atoms. The zero-order valence-corrected chi connectivity index (χ0v) is 45.3. The zero-order valence-electron chi connectivity index (χ0n) is 43.7. The molecule has 1 aromatic carbocycles. The van der Waals surface area contributed by atoms with Crippen LogP contribution in [0.4, 0.5) is 5.69 Å². The van der Waals surface area contributed by atoms with Gasteiger partial charge in [0.25, 0.3) is 10.1 Å². The predicted octanol–water partition coefficient (Wildman–Crippen LogP) is 4.47. The molecule has 0 radical (unpaired) electrons. The SMILES string of the molecule is COCCOCCOCCOCCOCC[N+](CCOCCOCCOCCOCCOC)=c1ccc2c(/C=C/C=C3/N(CCCCCC(=O)O)c4ccc(S(=O)(=O)[O-])cc4C3(C)CCCS(=O)(=O)O)ccoc-2c1. The minimum atomic E-state index is -4.84. The second-order valence-electron chi connectivity index (χ2n) is 17.5. The number of aliphatic carboxylic acids is 1. The van der Waals surface area contributed by atoms with Gasteiger partial charge in [-0.3, -0.25) is 9.35 Å². The van der Waals surface area contributed by atoms with Gasteiger partial charge in [-0.1, -0.05) is 18.6 Å². The highest BCUT2D eigenvalue weighted by molar-refractivity contribution is 7.86. The van der Waals surface area contributed by atoms with Gasteiger partial charge in [0.2, 0.25) is 5.36 Å². The first-order valence-corrected chi connectivity index (χ1v) is 28.3. The second-order valence-corrected chi connectivity index (χ2v) is 20.5. The molecule has 0 bridgehead atoms. The molecule has 1 atom stereocenters. The van der Waals surface area contributed by atoms with Crippen molar-refractivity contribution in [2.45, 2.75) is 55.8 Å². The summed E-state index contributed by atoms with van der Waals surface area (Å²) in [5.74, 6) is -0.802. The Hall–Kier alpha value is -4.18. The van der Waals surface area contributed by atoms with Crippen LogP contribution in [0.15, 0.2) is 75.9 Å². The molecule has 2 heterocycles. The summed E-state index contributed by atoms with van der Waals surface area (Å²) in [6.45, 7) is 11.6. The number of allylic oxidation sites excluding steroid dienone is 3. The largest absolute Gasteiger partial charge is 0.744 e. The van der Waals surface area contributed by atoms with Gasteiger partial charge in [-0.25, -0.2) is 13.0 Å². The van der Waals surface area contributed by atoms with Crippen LogP contribution in [0, 0.1) is 0 Å². The van der Waals surface area contributed by atoms with E-state index in [9.17, 15) is 35.8 Å². The number of methoxy groups -OCH3 is 2. The van der Waals surface area contributed by atoms with Crippen LogP contribution in [0.2, 0.25) is 0 Å². The number of nitrogens with zero attached hydrogens (tertiary/aromatic N) is 2. The van der Waals surface area contributed by atoms with Crippen molar-refractivity contribution in [3.05, 3.63) is 83.1 Å². The van der Waals surface area contributed by atoms with Crippen LogP contribution in [0.25, 0.3) is 17.4 Å². The fourth-order valence-electron chi connectivity index (χ4n) is 8.25. The highest BCUT2D eigenvalue weighted by atomic mass is 32.2. The molecule has 2 N–H and O–H groups in total. The van der Waals surface area contributed by atoms with Crippen molar-refractivity contribution in [1.82, 2.24) is 4.58 Å². The van der Waals surface area contributed by atoms with Crippen molar-refractivity contribution >= 4 is 38.0 Å². The van der Waals surface area contributed by atoms with Crippen LogP contribution < -0.4 is 14.8 Å². The van der Waals surface area contributed by atoms with E-state index < -0.39 is 42.3 Å². The normalized spacial score (nSPS) is 15.5. The highest BCUT2D eigenvalue weighted by Crippen LogP contribution is 2.51. The zero-order chi connectivity index (χ0) is 54.2. The van der Waals surface area contributed by atoms with Crippen LogP contribution >= 0.6 is 0 Å². The average molecular weight is 1100 g/mol. The molecular weight excluding hydrogens is 1020 g/mol. The first-order valence-electron chi connectivity index (χ1n) is 25.3. The average Bonchev–Trinajstić information content (AvgIpc) is 3.60. The number of carboxylic acids is 1. The van der Waals surface area contributed by atoms with Crippen molar-refractivity contribution in [3.8, 4) is 11.3 Å². The smallest absolute Gasteiger partial charge is 0.303 e. The summed E-state index contributed by atoms with van der Waals surface area (Å²) in [7, 11) is -5.91. The van der Waals surface area contributed by atoms with Gasteiger partial charge in [0.1, 0.15) is 29.1 Å². The summed E-state index contributed by atoms with van der Waals surface area (Å²) in [5.41, 5.74) is 2.52. The van der Waals surface area contributed by atoms with E-state index in [4.69, 9.17) is 51.8 Å². The molecule has 0 aromatic heterocycles. The molecule has 1 unspecified atom stereocenters. The molecule has 4 rings (SSSR count). The third-order valence-electron chi connectivity index (χ3n) is 12.1. The number of fused-ring (bicyclic) bond motifs is 2. The molecule has 23 heteroatoms. The number of carbonyl (C=O) groups is 1. The molecule has 0 amide bonds. The fraction of sp³-hybridized carbons (Fsp3) is 0.615. The summed E-state index contributed by atoms with van der Waals surface area (Å²) in [5, 5.41) is 10.1. The summed E-state index contributed by atoms with van der Waals surface area (Å²) in [6.07, 6.45) is 9.13. The van der Waals surface area contributed by atoms with Gasteiger partial charge in [-0.15, -0.1) is 0 Å². The van der Waals surface area contributed by atoms with E-state index in [0.29, 0.717) is 181 Å². The van der Waals surface area contributed by atoms with Crippen LogP contribution in [0.1, 0.15) is 56.6 Å². The third kappa shape index (κ3) is 23.9. The van der Waals surface area contributed by atoms with E-state index in [-0.39, 0.29) is 19.3 Å². The number of benzene rings is 2. The van der Waals surface area contributed by atoms with Gasteiger partial charge < -0.3 is 66.3 Å². The molecule has 0 saturated heterocycles. The molecule has 0 spiro atoms. The lowest BCUT2D eigenvalue weighted by Gasteiger charge is -2.30. The van der Waals surface area contributed by atoms with Crippen molar-refractivity contribution in [2.24, 2.45) is 0 Å². The van der Waals surface area contributed by atoms with Gasteiger partial charge in [0, 0.05) is 55.6 Å². The Morgan fingerprint density at radius 3 is 1.73 bits per heavy atom. The molecule has 0 fully saturated rings. The van der Waals surface area contributed by atoms with Crippen LogP contribution in [0.3, 0.4) is 0 Å². The summed E-state index contributed by atoms with van der Waals surface area (Å²) < 4.78 is 133. The number of hydrogen-bond acceptors (Lipinski definition) is 18. The van der Waals surface area contributed by atoms with Crippen molar-refractivity contribution in [3.63, 3.8) is 0 Å². The lowest BCUT2D eigenvalue weighted by atomic mass is 9.77. The number of ether oxygens (including phenoxy) is 10. The Balaban J connectivity index is 1.51. The number of hydrogen-bond donors (Lipinski definition) is 2. The lowest BCUT2D eigenvalue weighted by Crippen LogP contribution is -2.36. The summed E-state index contributed by atoms with van der Waals surface area (Å²) in [4.78, 5) is 12.8. The van der Waals surface area contributed by atoms with Crippen molar-refractivity contribution in [2.75, 3.05) is 163 Å². The summed E-state index contributed by atoms with van der Waals surface area (Å²) >= 11 is 0. The Bertz CT molecular complexity index is 2410. The molecule has 21 nitrogen and oxygen atoms in total. The lowest BCUT2D eigenvalue weighted by molar-refractivity contribution is -0.137. The topological polar surface area (TPSA) is 261 Å². The minimum absolute atomic E-state index is 0.0165. The molecule has 1 aromatic rings. The number of anilines is 1. The number of carboxylic acid groups (broad SMARTS) is 1. The maximum absolute atomic E-state index is 12.2. The first-order chi connectivity index (χ1) is 36.2. The van der Waals surface area contributed by atoms with Crippen LogP contribution in [-0.4, -0.2) is 196 Å². The molecule has 2 aliphatic heterocycles. The van der Waals surface area contributed by atoms with E-state index in [1.54, 1.807) is 26.5 Å². The molecular formula is C52H78N2O19S2. The van der Waals surface area contributed by atoms with Crippen LogP contribution in [-0.2, 0) is 77.8 Å². The Morgan fingerprint density at radius 2 is 1.23 bits per heavy atom. The van der Waals surface area contributed by atoms with Crippen LogP contribution in [0.5, 0.6) is 0 Å². The first kappa shape index (κ1) is 63.4. The maximum atomic E-state index is 12.2. The second kappa shape index (κ2) is 35.3. The maximum Gasteiger partial charge on any atom is 0.303 e. The Labute approximate surface area is 442 Å². The fourth-order valence-corrected chi connectivity index (χ4v) is 9.26. The van der Waals surface area contributed by atoms with Crippen molar-refractivity contribution in [1.29, 1.82) is 0 Å². The number of rotatable bonds is 43. The molecule has 0 saturated carbocycles. The molecule has 1 aliphatic carbocycles. The van der Waals surface area contributed by atoms with Gasteiger partial charge in [-0.2, -0.15) is 8.42 Å². The van der Waals surface area contributed by atoms with E-state index in [2.05, 4.69) is 4.58 Å². The van der Waals surface area contributed by atoms with E-state index >= 15 is 0 Å². The molecule has 3 aliphatic rings. The Morgan fingerprint density at radius 1 is 0.693 bits per heavy atom. The summed E-state index contributed by atoms with van der Waals surface area (Å²) in [6, 6.07) is 11.9. The standard InChI is InChI=1S/C52H78N2O19S2/c1-52(17-8-40-74(57,58)59)47-42-45(75(60,61)62)13-15-48(47)54(18-6-4-5-11-51(55)56)50(52)10-7-9-43-16-21-73-49-41-44(12-14-46(43)49)53(19-22-65-28-30-69-36-38-71-34-32-67-26-24-63-2)20-23-66-29-31-70-37-39-72-35-33-68-27-25-64-3/h7,9-10,12-16,21,41-42H,4-6,8,11,17-20,22-40H2,1-3H3,(H2-,55,56,57,58,59,60,61,62). The van der Waals surface area contributed by atoms with Gasteiger partial charge in [0.05, 0.1) is 129 Å². The predicted molar refractivity (Wildman–Crippen MR) is 279 cm³/mol. The van der Waals surface area contributed by atoms with E-state index in [1.165, 1.54) is 12.1 Å². The number of unbranched alkanes of at least 4 members (excludes halogenated alkanes) is 2. The van der Waals surface area contributed by atoms with Gasteiger partial charge >= 0.3 is 5.97 Å². The third-order valence-corrected chi connectivity index (χ3v) is 13.7. The van der Waals surface area contributed by atoms with Gasteiger partial charge in [0.15, 0.2) is 13.1 Å². The monoisotopic (exact) mass is 1100 g/mol.